The maximum absolute atomic E-state index is 11.8. The number of carbonyl (C=O) groups is 1. The van der Waals surface area contributed by atoms with Crippen molar-refractivity contribution < 1.29 is 13.6 Å². The first-order valence-corrected chi connectivity index (χ1v) is 2.79. The highest BCUT2D eigenvalue weighted by molar-refractivity contribution is 6.28. The molecule has 0 saturated heterocycles. The third kappa shape index (κ3) is 1.29. The van der Waals surface area contributed by atoms with Crippen LogP contribution in [0.1, 0.15) is 6.42 Å². The fourth-order valence-electron chi connectivity index (χ4n) is 0.702. The van der Waals surface area contributed by atoms with E-state index in [0.29, 0.717) is 6.29 Å². The van der Waals surface area contributed by atoms with Gasteiger partial charge in [0.1, 0.15) is 11.8 Å². The van der Waals surface area contributed by atoms with Gasteiger partial charge in [0.2, 0.25) is 0 Å². The quantitative estimate of drug-likeness (QED) is 0.567. The molecule has 0 bridgehead atoms. The Kier molecular flexibility index (Phi) is 1.94. The minimum Gasteiger partial charge on any atom is -0.300 e. The molecular weight excluding hydrogens is 142 g/mol. The fraction of sp³-hybridized carbons (Fsp3) is 0.600. The van der Waals surface area contributed by atoms with Crippen LogP contribution in [0, 0.1) is 0 Å². The molecule has 0 fully saturated rings. The molecule has 3 nitrogen and oxygen atoms in total. The smallest absolute Gasteiger partial charge is 0.260 e. The van der Waals surface area contributed by atoms with Crippen molar-refractivity contribution in [1.82, 2.24) is 5.43 Å². The molecule has 0 aromatic carbocycles. The molecule has 10 heavy (non-hydrogen) atoms. The number of nitrogens with zero attached hydrogens (tertiary/aromatic N) is 1. The van der Waals surface area contributed by atoms with Gasteiger partial charge in [0.05, 0.1) is 0 Å². The Morgan fingerprint density at radius 1 is 1.80 bits per heavy atom. The van der Waals surface area contributed by atoms with Crippen LogP contribution in [-0.4, -0.2) is 24.5 Å². The van der Waals surface area contributed by atoms with Gasteiger partial charge >= 0.3 is 0 Å². The van der Waals surface area contributed by atoms with Crippen LogP contribution in [0.2, 0.25) is 0 Å². The highest BCUT2D eigenvalue weighted by Crippen LogP contribution is 2.10. The number of hydrogen-bond donors (Lipinski definition) is 1. The Labute approximate surface area is 56.1 Å². The van der Waals surface area contributed by atoms with E-state index >= 15 is 0 Å². The van der Waals surface area contributed by atoms with Gasteiger partial charge in [-0.1, -0.05) is 0 Å². The number of hydrazone groups is 1. The normalized spacial score (nSPS) is 24.3. The van der Waals surface area contributed by atoms with E-state index in [1.165, 1.54) is 0 Å². The van der Waals surface area contributed by atoms with Gasteiger partial charge in [-0.2, -0.15) is 5.10 Å². The van der Waals surface area contributed by atoms with E-state index in [0.717, 1.165) is 0 Å². The van der Waals surface area contributed by atoms with E-state index in [-0.39, 0.29) is 12.1 Å². The highest BCUT2D eigenvalue weighted by atomic mass is 19.3. The maximum atomic E-state index is 11.8. The van der Waals surface area contributed by atoms with Gasteiger partial charge in [0, 0.05) is 6.42 Å². The van der Waals surface area contributed by atoms with Gasteiger partial charge in [-0.3, -0.25) is 4.79 Å². The third-order valence-electron chi connectivity index (χ3n) is 1.24. The lowest BCUT2D eigenvalue weighted by atomic mass is 10.2. The third-order valence-corrected chi connectivity index (χ3v) is 1.24. The Bertz CT molecular complexity index is 169. The second-order valence-corrected chi connectivity index (χ2v) is 2.00. The summed E-state index contributed by atoms with van der Waals surface area (Å²) in [4.78, 5) is 9.96. The van der Waals surface area contributed by atoms with E-state index in [1.54, 1.807) is 0 Å². The molecular formula is C5H6F2N2O. The minimum absolute atomic E-state index is 0.0289. The van der Waals surface area contributed by atoms with Crippen molar-refractivity contribution in [3.05, 3.63) is 0 Å². The van der Waals surface area contributed by atoms with E-state index in [2.05, 4.69) is 10.5 Å². The Balaban J connectivity index is 2.43. The van der Waals surface area contributed by atoms with Gasteiger partial charge in [-0.15, -0.1) is 0 Å². The van der Waals surface area contributed by atoms with Crippen molar-refractivity contribution in [2.24, 2.45) is 5.10 Å². The molecule has 0 spiro atoms. The molecule has 0 aromatic rings. The summed E-state index contributed by atoms with van der Waals surface area (Å²) >= 11 is 0. The van der Waals surface area contributed by atoms with Crippen LogP contribution in [-0.2, 0) is 4.79 Å². The molecule has 0 aromatic heterocycles. The second-order valence-electron chi connectivity index (χ2n) is 2.00. The molecule has 1 aliphatic rings. The molecule has 1 aliphatic heterocycles. The number of halogens is 2. The van der Waals surface area contributed by atoms with Crippen molar-refractivity contribution in [3.63, 3.8) is 0 Å². The summed E-state index contributed by atoms with van der Waals surface area (Å²) in [5.41, 5.74) is 2.32. The van der Waals surface area contributed by atoms with Crippen LogP contribution in [0.5, 0.6) is 0 Å². The van der Waals surface area contributed by atoms with Crippen LogP contribution in [0.15, 0.2) is 5.10 Å². The average Bonchev–Trinajstić information content (AvgIpc) is 2.34. The van der Waals surface area contributed by atoms with Crippen molar-refractivity contribution in [1.29, 1.82) is 0 Å². The molecule has 0 radical (unpaired) electrons. The minimum atomic E-state index is -2.46. The first-order chi connectivity index (χ1) is 4.74. The predicted molar refractivity (Wildman–Crippen MR) is 31.0 cm³/mol. The van der Waals surface area contributed by atoms with Gasteiger partial charge in [0.15, 0.2) is 6.29 Å². The fourth-order valence-corrected chi connectivity index (χ4v) is 0.702. The molecule has 1 heterocycles. The monoisotopic (exact) mass is 148 g/mol. The van der Waals surface area contributed by atoms with E-state index < -0.39 is 12.5 Å². The van der Waals surface area contributed by atoms with Crippen LogP contribution in [0.25, 0.3) is 0 Å². The lowest BCUT2D eigenvalue weighted by Gasteiger charge is -2.05. The zero-order chi connectivity index (χ0) is 7.56. The van der Waals surface area contributed by atoms with Gasteiger partial charge in [-0.25, -0.2) is 8.78 Å². The number of carbonyl (C=O) groups excluding carboxylic acids is 1. The van der Waals surface area contributed by atoms with Crippen molar-refractivity contribution in [2.45, 2.75) is 18.9 Å². The van der Waals surface area contributed by atoms with Gasteiger partial charge in [-0.05, 0) is 0 Å². The Morgan fingerprint density at radius 2 is 2.50 bits per heavy atom. The molecule has 0 unspecified atom stereocenters. The predicted octanol–water partition coefficient (Wildman–Crippen LogP) is 0.168. The Hall–Kier alpha value is -1.00. The lowest BCUT2D eigenvalue weighted by molar-refractivity contribution is -0.102. The van der Waals surface area contributed by atoms with Gasteiger partial charge in [0.25, 0.3) is 6.43 Å². The summed E-state index contributed by atoms with van der Waals surface area (Å²) in [7, 11) is 0. The van der Waals surface area contributed by atoms with Crippen LogP contribution < -0.4 is 5.43 Å². The van der Waals surface area contributed by atoms with Crippen LogP contribution >= 0.6 is 0 Å². The number of aldehydes is 1. The molecule has 1 rings (SSSR count). The van der Waals surface area contributed by atoms with Crippen LogP contribution in [0.4, 0.5) is 8.78 Å². The number of nitrogens with one attached hydrogen (secondary N) is 1. The van der Waals surface area contributed by atoms with Crippen molar-refractivity contribution >= 4 is 12.0 Å². The molecule has 0 aliphatic carbocycles. The van der Waals surface area contributed by atoms with E-state index in [4.69, 9.17) is 0 Å². The first kappa shape index (κ1) is 7.11. The lowest BCUT2D eigenvalue weighted by Crippen LogP contribution is -2.27. The van der Waals surface area contributed by atoms with Gasteiger partial charge < -0.3 is 5.43 Å². The SMILES string of the molecule is O=CC1=NN[C@@H](C(F)F)C1. The molecule has 0 saturated carbocycles. The topological polar surface area (TPSA) is 41.5 Å². The summed E-state index contributed by atoms with van der Waals surface area (Å²) in [6, 6.07) is -0.972. The highest BCUT2D eigenvalue weighted by Gasteiger charge is 2.25. The zero-order valence-electron chi connectivity index (χ0n) is 5.05. The first-order valence-electron chi connectivity index (χ1n) is 2.79. The van der Waals surface area contributed by atoms with Crippen molar-refractivity contribution in [2.75, 3.05) is 0 Å². The van der Waals surface area contributed by atoms with E-state index in [1.807, 2.05) is 0 Å². The second kappa shape index (κ2) is 2.72. The molecule has 1 N–H and O–H groups in total. The standard InChI is InChI=1S/C5H6F2N2O/c6-5(7)4-1-3(2-10)8-9-4/h2,4-5,9H,1H2/t4-/m1/s1. The number of rotatable bonds is 2. The molecule has 0 amide bonds. The van der Waals surface area contributed by atoms with E-state index in [9.17, 15) is 13.6 Å². The van der Waals surface area contributed by atoms with Crippen LogP contribution in [0.3, 0.4) is 0 Å². The number of hydrogen-bond acceptors (Lipinski definition) is 3. The molecule has 1 atom stereocenters. The van der Waals surface area contributed by atoms with Crippen molar-refractivity contribution in [3.8, 4) is 0 Å². The Morgan fingerprint density at radius 3 is 2.80 bits per heavy atom. The summed E-state index contributed by atoms with van der Waals surface area (Å²) in [6.07, 6.45) is -1.95. The zero-order valence-corrected chi connectivity index (χ0v) is 5.05. The summed E-state index contributed by atoms with van der Waals surface area (Å²) in [6.45, 7) is 0. The molecule has 5 heteroatoms. The summed E-state index contributed by atoms with van der Waals surface area (Å²) in [5, 5.41) is 3.38. The summed E-state index contributed by atoms with van der Waals surface area (Å²) < 4.78 is 23.6. The average molecular weight is 148 g/mol. The summed E-state index contributed by atoms with van der Waals surface area (Å²) in [5.74, 6) is 0. The largest absolute Gasteiger partial charge is 0.300 e. The maximum Gasteiger partial charge on any atom is 0.260 e. The number of alkyl halides is 2. The molecule has 56 valence electrons.